The topological polar surface area (TPSA) is 152 Å². The summed E-state index contributed by atoms with van der Waals surface area (Å²) in [5.41, 5.74) is 14.1. The van der Waals surface area contributed by atoms with Crippen LogP contribution in [0.3, 0.4) is 0 Å². The molecular formula is C27H31FN8O2. The zero-order valence-corrected chi connectivity index (χ0v) is 21.3. The molecule has 198 valence electrons. The third-order valence-corrected chi connectivity index (χ3v) is 5.88. The lowest BCUT2D eigenvalue weighted by Crippen LogP contribution is -2.36. The maximum Gasteiger partial charge on any atom is 0.255 e. The molecule has 0 spiro atoms. The molecule has 2 heterocycles. The lowest BCUT2D eigenvalue weighted by Gasteiger charge is -2.20. The van der Waals surface area contributed by atoms with Gasteiger partial charge in [0.05, 0.1) is 24.6 Å². The number of allylic oxidation sites excluding steroid dienone is 1. The molecule has 2 aliphatic rings. The van der Waals surface area contributed by atoms with Crippen LogP contribution in [0.2, 0.25) is 0 Å². The van der Waals surface area contributed by atoms with E-state index in [4.69, 9.17) is 16.2 Å². The van der Waals surface area contributed by atoms with Crippen LogP contribution in [0.5, 0.6) is 0 Å². The third kappa shape index (κ3) is 6.50. The molecule has 0 aromatic heterocycles. The molecule has 0 radical (unpaired) electrons. The van der Waals surface area contributed by atoms with Crippen molar-refractivity contribution in [1.82, 2.24) is 5.32 Å². The molecule has 1 saturated heterocycles. The highest BCUT2D eigenvalue weighted by molar-refractivity contribution is 6.41. The predicted octanol–water partition coefficient (Wildman–Crippen LogP) is 3.21. The number of anilines is 2. The minimum Gasteiger partial charge on any atom is -0.383 e. The van der Waals surface area contributed by atoms with E-state index in [-0.39, 0.29) is 28.8 Å². The van der Waals surface area contributed by atoms with Gasteiger partial charge in [0.1, 0.15) is 23.0 Å². The summed E-state index contributed by atoms with van der Waals surface area (Å²) in [6.45, 7) is 8.56. The van der Waals surface area contributed by atoms with E-state index < -0.39 is 17.3 Å². The number of hydrogen-bond acceptors (Lipinski definition) is 9. The van der Waals surface area contributed by atoms with E-state index >= 15 is 0 Å². The van der Waals surface area contributed by atoms with Gasteiger partial charge in [0, 0.05) is 29.6 Å². The van der Waals surface area contributed by atoms with Crippen molar-refractivity contribution in [1.29, 1.82) is 0 Å². The standard InChI is InChI=1S/C27H31FN8O2/c1-4-31-22-14-32-26(34-19-10-11-38-15-19)36-23(22)24(29)35-21-12-16(8-9-20(21)28)25(37)33-18-7-5-6-17(13-18)27(2,3)30/h4-9,12-14,19,35H,1,10-11,15,29-30H2,2-3H3,(H,33,37)(H,34,36)/b24-23-,31-22-. The first-order valence-electron chi connectivity index (χ1n) is 12.1. The summed E-state index contributed by atoms with van der Waals surface area (Å²) in [6.07, 6.45) is 3.65. The number of nitrogens with one attached hydrogen (secondary N) is 3. The summed E-state index contributed by atoms with van der Waals surface area (Å²) in [5, 5.41) is 8.84. The molecule has 7 N–H and O–H groups in total. The van der Waals surface area contributed by atoms with Crippen molar-refractivity contribution in [3.63, 3.8) is 0 Å². The number of aliphatic imine (C=N–C) groups is 3. The van der Waals surface area contributed by atoms with Crippen LogP contribution in [0.15, 0.2) is 81.7 Å². The van der Waals surface area contributed by atoms with Gasteiger partial charge >= 0.3 is 0 Å². The number of amides is 1. The summed E-state index contributed by atoms with van der Waals surface area (Å²) in [4.78, 5) is 25.8. The number of carbonyl (C=O) groups is 1. The number of guanidine groups is 1. The van der Waals surface area contributed by atoms with Crippen LogP contribution in [-0.2, 0) is 10.3 Å². The number of rotatable bonds is 7. The summed E-state index contributed by atoms with van der Waals surface area (Å²) >= 11 is 0. The molecule has 0 bridgehead atoms. The monoisotopic (exact) mass is 518 g/mol. The highest BCUT2D eigenvalue weighted by Crippen LogP contribution is 2.23. The van der Waals surface area contributed by atoms with Gasteiger partial charge in [-0.2, -0.15) is 0 Å². The summed E-state index contributed by atoms with van der Waals surface area (Å²) in [5.74, 6) is -0.671. The van der Waals surface area contributed by atoms with Crippen molar-refractivity contribution in [2.45, 2.75) is 31.8 Å². The third-order valence-electron chi connectivity index (χ3n) is 5.88. The summed E-state index contributed by atoms with van der Waals surface area (Å²) in [7, 11) is 0. The Bertz CT molecular complexity index is 1350. The van der Waals surface area contributed by atoms with Gasteiger partial charge in [0.15, 0.2) is 0 Å². The van der Waals surface area contributed by atoms with E-state index in [0.29, 0.717) is 30.6 Å². The van der Waals surface area contributed by atoms with E-state index in [1.165, 1.54) is 30.6 Å². The number of nitrogens with two attached hydrogens (primary N) is 2. The lowest BCUT2D eigenvalue weighted by atomic mass is 9.95. The van der Waals surface area contributed by atoms with Crippen molar-refractivity contribution in [3.05, 3.63) is 83.7 Å². The van der Waals surface area contributed by atoms with E-state index in [1.54, 1.807) is 12.1 Å². The molecule has 2 aromatic rings. The number of carbonyl (C=O) groups excluding carboxylic acids is 1. The molecule has 4 rings (SSSR count). The maximum absolute atomic E-state index is 14.7. The second-order valence-electron chi connectivity index (χ2n) is 9.43. The molecule has 1 fully saturated rings. The van der Waals surface area contributed by atoms with Crippen molar-refractivity contribution < 1.29 is 13.9 Å². The van der Waals surface area contributed by atoms with Crippen LogP contribution >= 0.6 is 0 Å². The largest absolute Gasteiger partial charge is 0.383 e. The zero-order chi connectivity index (χ0) is 27.3. The summed E-state index contributed by atoms with van der Waals surface area (Å²) in [6, 6.07) is 11.3. The Labute approximate surface area is 220 Å². The van der Waals surface area contributed by atoms with Crippen molar-refractivity contribution in [2.75, 3.05) is 23.8 Å². The van der Waals surface area contributed by atoms with Crippen LogP contribution in [0, 0.1) is 5.82 Å². The van der Waals surface area contributed by atoms with Gasteiger partial charge in [-0.1, -0.05) is 18.7 Å². The Morgan fingerprint density at radius 3 is 2.79 bits per heavy atom. The molecular weight excluding hydrogens is 487 g/mol. The van der Waals surface area contributed by atoms with E-state index in [1.807, 2.05) is 26.0 Å². The quantitative estimate of drug-likeness (QED) is 0.380. The first-order chi connectivity index (χ1) is 18.1. The Balaban J connectivity index is 1.57. The molecule has 0 aliphatic carbocycles. The second kappa shape index (κ2) is 11.4. The van der Waals surface area contributed by atoms with Crippen LogP contribution < -0.4 is 27.4 Å². The van der Waals surface area contributed by atoms with E-state index in [9.17, 15) is 9.18 Å². The Hall–Kier alpha value is -4.35. The summed E-state index contributed by atoms with van der Waals surface area (Å²) < 4.78 is 20.1. The van der Waals surface area contributed by atoms with Gasteiger partial charge in [-0.3, -0.25) is 9.79 Å². The Kier molecular flexibility index (Phi) is 7.99. The minimum absolute atomic E-state index is 0.00569. The number of hydrogen-bond donors (Lipinski definition) is 5. The molecule has 10 nitrogen and oxygen atoms in total. The molecule has 0 saturated carbocycles. The first kappa shape index (κ1) is 26.7. The molecule has 1 unspecified atom stereocenters. The fourth-order valence-electron chi connectivity index (χ4n) is 3.83. The number of ether oxygens (including phenoxy) is 1. The fourth-order valence-corrected chi connectivity index (χ4v) is 3.83. The average Bonchev–Trinajstić information content (AvgIpc) is 3.39. The molecule has 2 aliphatic heterocycles. The lowest BCUT2D eigenvalue weighted by molar-refractivity contribution is 0.102. The smallest absolute Gasteiger partial charge is 0.255 e. The van der Waals surface area contributed by atoms with E-state index in [2.05, 4.69) is 37.5 Å². The minimum atomic E-state index is -0.603. The van der Waals surface area contributed by atoms with Crippen LogP contribution in [0.4, 0.5) is 15.8 Å². The van der Waals surface area contributed by atoms with Crippen molar-refractivity contribution in [2.24, 2.45) is 26.4 Å². The fraction of sp³-hybridized carbons (Fsp3) is 0.259. The molecule has 2 aromatic carbocycles. The predicted molar refractivity (Wildman–Crippen MR) is 149 cm³/mol. The molecule has 1 atom stereocenters. The zero-order valence-electron chi connectivity index (χ0n) is 21.3. The van der Waals surface area contributed by atoms with Crippen molar-refractivity contribution in [3.8, 4) is 0 Å². The second-order valence-corrected chi connectivity index (χ2v) is 9.43. The normalized spacial score (nSPS) is 19.6. The number of halogens is 1. The van der Waals surface area contributed by atoms with Gasteiger partial charge in [-0.15, -0.1) is 0 Å². The van der Waals surface area contributed by atoms with Crippen LogP contribution in [0.25, 0.3) is 0 Å². The highest BCUT2D eigenvalue weighted by atomic mass is 19.1. The Morgan fingerprint density at radius 2 is 2.08 bits per heavy atom. The van der Waals surface area contributed by atoms with Gasteiger partial charge in [-0.05, 0) is 56.2 Å². The molecule has 1 amide bonds. The van der Waals surface area contributed by atoms with Gasteiger partial charge in [-0.25, -0.2) is 14.4 Å². The van der Waals surface area contributed by atoms with Crippen LogP contribution in [-0.4, -0.2) is 43.0 Å². The number of benzene rings is 2. The van der Waals surface area contributed by atoms with E-state index in [0.717, 1.165) is 12.0 Å². The van der Waals surface area contributed by atoms with Gasteiger partial charge < -0.3 is 32.2 Å². The SMILES string of the molecule is C=C/N=C1/C=NC(NC2CCOC2)=N/C1=C(/N)Nc1cc(C(=O)Nc2cccc(C(C)(C)N)c2)ccc1F. The van der Waals surface area contributed by atoms with Crippen molar-refractivity contribution >= 4 is 35.2 Å². The Morgan fingerprint density at radius 1 is 1.26 bits per heavy atom. The van der Waals surface area contributed by atoms with Gasteiger partial charge in [0.25, 0.3) is 5.91 Å². The van der Waals surface area contributed by atoms with Crippen LogP contribution in [0.1, 0.15) is 36.2 Å². The molecule has 11 heteroatoms. The molecule has 38 heavy (non-hydrogen) atoms. The van der Waals surface area contributed by atoms with Gasteiger partial charge in [0.2, 0.25) is 5.96 Å². The maximum atomic E-state index is 14.7. The average molecular weight is 519 g/mol. The first-order valence-corrected chi connectivity index (χ1v) is 12.1. The number of nitrogens with zero attached hydrogens (tertiary/aromatic N) is 3. The highest BCUT2D eigenvalue weighted by Gasteiger charge is 2.21.